The van der Waals surface area contributed by atoms with E-state index in [0.29, 0.717) is 6.04 Å². The third-order valence-corrected chi connectivity index (χ3v) is 4.94. The molecule has 3 rings (SSSR count). The Morgan fingerprint density at radius 2 is 2.29 bits per heavy atom. The highest BCUT2D eigenvalue weighted by Crippen LogP contribution is 2.34. The van der Waals surface area contributed by atoms with Gasteiger partial charge in [0.25, 0.3) is 0 Å². The van der Waals surface area contributed by atoms with E-state index < -0.39 is 0 Å². The van der Waals surface area contributed by atoms with Gasteiger partial charge in [-0.1, -0.05) is 6.42 Å². The lowest BCUT2D eigenvalue weighted by Crippen LogP contribution is -2.26. The number of nitrogens with zero attached hydrogens (tertiary/aromatic N) is 1. The average molecular weight is 311 g/mol. The minimum atomic E-state index is 0.466. The number of aryl methyl sites for hydroxylation is 1. The summed E-state index contributed by atoms with van der Waals surface area (Å²) in [6.07, 6.45) is 3.83. The van der Waals surface area contributed by atoms with Gasteiger partial charge in [0.1, 0.15) is 5.01 Å². The molecule has 0 bridgehead atoms. The van der Waals surface area contributed by atoms with Crippen LogP contribution >= 0.6 is 27.3 Å². The zero-order valence-corrected chi connectivity index (χ0v) is 12.2. The number of rotatable bonds is 1. The molecule has 1 aliphatic rings. The highest BCUT2D eigenvalue weighted by Gasteiger charge is 2.19. The van der Waals surface area contributed by atoms with Gasteiger partial charge in [-0.05, 0) is 59.9 Å². The van der Waals surface area contributed by atoms with Crippen molar-refractivity contribution >= 4 is 37.5 Å². The maximum atomic E-state index is 4.79. The van der Waals surface area contributed by atoms with Crippen molar-refractivity contribution in [2.24, 2.45) is 0 Å². The van der Waals surface area contributed by atoms with E-state index >= 15 is 0 Å². The van der Waals surface area contributed by atoms with Gasteiger partial charge in [0.15, 0.2) is 0 Å². The summed E-state index contributed by atoms with van der Waals surface area (Å²) < 4.78 is 2.41. The van der Waals surface area contributed by atoms with Gasteiger partial charge in [0, 0.05) is 4.47 Å². The molecule has 1 aliphatic heterocycles. The van der Waals surface area contributed by atoms with Gasteiger partial charge in [-0.2, -0.15) is 0 Å². The van der Waals surface area contributed by atoms with Gasteiger partial charge in [0.2, 0.25) is 0 Å². The lowest BCUT2D eigenvalue weighted by Gasteiger charge is -2.20. The molecule has 0 radical (unpaired) electrons. The predicted octanol–water partition coefficient (Wildman–Crippen LogP) is 4.18. The van der Waals surface area contributed by atoms with E-state index in [2.05, 4.69) is 40.3 Å². The second-order valence-corrected chi connectivity index (χ2v) is 6.56. The number of fused-ring (bicyclic) bond motifs is 1. The molecule has 0 spiro atoms. The lowest BCUT2D eigenvalue weighted by atomic mass is 10.1. The molecule has 1 atom stereocenters. The number of thiazole rings is 1. The minimum absolute atomic E-state index is 0.466. The summed E-state index contributed by atoms with van der Waals surface area (Å²) in [7, 11) is 0. The molecule has 0 saturated carbocycles. The van der Waals surface area contributed by atoms with Crippen LogP contribution in [-0.4, -0.2) is 11.5 Å². The summed E-state index contributed by atoms with van der Waals surface area (Å²) in [5, 5.41) is 4.80. The summed E-state index contributed by atoms with van der Waals surface area (Å²) in [5.74, 6) is 0. The molecule has 0 aliphatic carbocycles. The van der Waals surface area contributed by atoms with Crippen molar-refractivity contribution in [3.8, 4) is 0 Å². The third kappa shape index (κ3) is 2.26. The molecule has 0 amide bonds. The lowest BCUT2D eigenvalue weighted by molar-refractivity contribution is 0.411. The van der Waals surface area contributed by atoms with E-state index in [1.165, 1.54) is 34.5 Å². The Morgan fingerprint density at radius 1 is 1.41 bits per heavy atom. The summed E-state index contributed by atoms with van der Waals surface area (Å²) >= 11 is 5.44. The van der Waals surface area contributed by atoms with Crippen molar-refractivity contribution < 1.29 is 0 Å². The summed E-state index contributed by atoms with van der Waals surface area (Å²) in [6, 6.07) is 4.83. The summed E-state index contributed by atoms with van der Waals surface area (Å²) in [4.78, 5) is 4.79. The van der Waals surface area contributed by atoms with Gasteiger partial charge < -0.3 is 5.32 Å². The Labute approximate surface area is 114 Å². The van der Waals surface area contributed by atoms with Gasteiger partial charge in [-0.25, -0.2) is 4.98 Å². The summed E-state index contributed by atoms with van der Waals surface area (Å²) in [6.45, 7) is 3.25. The van der Waals surface area contributed by atoms with Crippen LogP contribution in [0.2, 0.25) is 0 Å². The molecule has 2 heterocycles. The fraction of sp³-hybridized carbons (Fsp3) is 0.462. The monoisotopic (exact) mass is 310 g/mol. The zero-order valence-electron chi connectivity index (χ0n) is 9.79. The average Bonchev–Trinajstić information content (AvgIpc) is 2.74. The molecule has 1 saturated heterocycles. The van der Waals surface area contributed by atoms with Crippen molar-refractivity contribution in [3.05, 3.63) is 27.2 Å². The van der Waals surface area contributed by atoms with Crippen LogP contribution in [0.4, 0.5) is 0 Å². The van der Waals surface area contributed by atoms with Crippen molar-refractivity contribution in [2.75, 3.05) is 6.54 Å². The van der Waals surface area contributed by atoms with Crippen LogP contribution in [0.1, 0.15) is 35.9 Å². The standard InChI is InChI=1S/C13H15BrN2S/c1-8-6-9(14)12-11(7-8)17-13(16-12)10-4-2-3-5-15-10/h6-7,10,15H,2-5H2,1H3. The van der Waals surface area contributed by atoms with Gasteiger partial charge in [-0.3, -0.25) is 0 Å². The molecule has 4 heteroatoms. The van der Waals surface area contributed by atoms with Crippen molar-refractivity contribution in [2.45, 2.75) is 32.2 Å². The largest absolute Gasteiger partial charge is 0.308 e. The van der Waals surface area contributed by atoms with Gasteiger partial charge in [-0.15, -0.1) is 11.3 Å². The Bertz CT molecular complexity index is 544. The number of hydrogen-bond acceptors (Lipinski definition) is 3. The molecule has 1 N–H and O–H groups in total. The molecule has 2 aromatic rings. The fourth-order valence-corrected chi connectivity index (χ4v) is 4.34. The molecule has 90 valence electrons. The molecule has 1 fully saturated rings. The van der Waals surface area contributed by atoms with Crippen LogP contribution in [0, 0.1) is 6.92 Å². The van der Waals surface area contributed by atoms with E-state index in [9.17, 15) is 0 Å². The van der Waals surface area contributed by atoms with Crippen LogP contribution in [0.5, 0.6) is 0 Å². The number of piperidine rings is 1. The van der Waals surface area contributed by atoms with Crippen LogP contribution in [-0.2, 0) is 0 Å². The Morgan fingerprint density at radius 3 is 3.06 bits per heavy atom. The van der Waals surface area contributed by atoms with Gasteiger partial charge >= 0.3 is 0 Å². The van der Waals surface area contributed by atoms with Crippen molar-refractivity contribution in [1.82, 2.24) is 10.3 Å². The van der Waals surface area contributed by atoms with E-state index in [4.69, 9.17) is 4.98 Å². The minimum Gasteiger partial charge on any atom is -0.308 e. The normalized spacial score (nSPS) is 20.9. The number of hydrogen-bond donors (Lipinski definition) is 1. The Balaban J connectivity index is 2.03. The second-order valence-electron chi connectivity index (χ2n) is 4.65. The Hall–Kier alpha value is -0.450. The fourth-order valence-electron chi connectivity index (χ4n) is 2.35. The molecule has 2 nitrogen and oxygen atoms in total. The number of nitrogens with one attached hydrogen (secondary N) is 1. The van der Waals surface area contributed by atoms with E-state index in [1.54, 1.807) is 0 Å². The van der Waals surface area contributed by atoms with Crippen LogP contribution in [0.15, 0.2) is 16.6 Å². The smallest absolute Gasteiger partial charge is 0.111 e. The first kappa shape index (κ1) is 11.6. The van der Waals surface area contributed by atoms with Crippen LogP contribution in [0.3, 0.4) is 0 Å². The maximum absolute atomic E-state index is 4.79. The second kappa shape index (κ2) is 4.67. The first-order chi connectivity index (χ1) is 8.24. The van der Waals surface area contributed by atoms with Crippen molar-refractivity contribution in [1.29, 1.82) is 0 Å². The topological polar surface area (TPSA) is 24.9 Å². The highest BCUT2D eigenvalue weighted by atomic mass is 79.9. The molecular formula is C13H15BrN2S. The third-order valence-electron chi connectivity index (χ3n) is 3.22. The van der Waals surface area contributed by atoms with Crippen molar-refractivity contribution in [3.63, 3.8) is 0 Å². The van der Waals surface area contributed by atoms with Crippen LogP contribution in [0.25, 0.3) is 10.2 Å². The number of benzene rings is 1. The first-order valence-corrected chi connectivity index (χ1v) is 7.65. The quantitative estimate of drug-likeness (QED) is 0.854. The van der Waals surface area contributed by atoms with Gasteiger partial charge in [0.05, 0.1) is 16.3 Å². The highest BCUT2D eigenvalue weighted by molar-refractivity contribution is 9.10. The molecule has 1 aromatic carbocycles. The maximum Gasteiger partial charge on any atom is 0.111 e. The number of halogens is 1. The van der Waals surface area contributed by atoms with E-state index in [-0.39, 0.29) is 0 Å². The molecule has 1 unspecified atom stereocenters. The summed E-state index contributed by atoms with van der Waals surface area (Å²) in [5.41, 5.74) is 2.40. The number of aromatic nitrogens is 1. The Kier molecular flexibility index (Phi) is 3.19. The molecule has 1 aromatic heterocycles. The molecular weight excluding hydrogens is 296 g/mol. The van der Waals surface area contributed by atoms with Crippen LogP contribution < -0.4 is 5.32 Å². The zero-order chi connectivity index (χ0) is 11.8. The van der Waals surface area contributed by atoms with E-state index in [0.717, 1.165) is 16.5 Å². The predicted molar refractivity (Wildman–Crippen MR) is 76.7 cm³/mol. The SMILES string of the molecule is Cc1cc(Br)c2nc(C3CCCCN3)sc2c1. The molecule has 17 heavy (non-hydrogen) atoms. The first-order valence-electron chi connectivity index (χ1n) is 6.04. The van der Waals surface area contributed by atoms with E-state index in [1.807, 2.05) is 11.3 Å².